The predicted molar refractivity (Wildman–Crippen MR) is 84.7 cm³/mol. The van der Waals surface area contributed by atoms with Gasteiger partial charge in [-0.05, 0) is 45.3 Å². The lowest BCUT2D eigenvalue weighted by molar-refractivity contribution is -0.121. The molecule has 0 spiro atoms. The maximum Gasteiger partial charge on any atom is 0.243 e. The minimum absolute atomic E-state index is 0.249. The number of nitrogens with one attached hydrogen (secondary N) is 1. The second kappa shape index (κ2) is 7.55. The number of carbonyl (C=O) groups excluding carboxylic acids is 1. The van der Waals surface area contributed by atoms with Crippen LogP contribution < -0.4 is 9.62 Å². The summed E-state index contributed by atoms with van der Waals surface area (Å²) in [6.07, 6.45) is 1.01. The minimum Gasteiger partial charge on any atom is -0.353 e. The summed E-state index contributed by atoms with van der Waals surface area (Å²) in [7, 11) is 0.0671. The highest BCUT2D eigenvalue weighted by Gasteiger charge is 2.28. The third kappa shape index (κ3) is 5.27. The molecule has 124 valence electrons. The van der Waals surface area contributed by atoms with E-state index in [9.17, 15) is 17.6 Å². The highest BCUT2D eigenvalue weighted by molar-refractivity contribution is 7.92. The number of amides is 1. The lowest BCUT2D eigenvalue weighted by Gasteiger charge is -2.28. The predicted octanol–water partition coefficient (Wildman–Crippen LogP) is 0.658. The van der Waals surface area contributed by atoms with E-state index in [0.29, 0.717) is 13.1 Å². The summed E-state index contributed by atoms with van der Waals surface area (Å²) in [6.45, 7) is 2.56. The molecular formula is C14H22FN3O3S. The molecule has 1 aromatic carbocycles. The van der Waals surface area contributed by atoms with Crippen LogP contribution in [-0.2, 0) is 14.8 Å². The zero-order valence-electron chi connectivity index (χ0n) is 13.2. The van der Waals surface area contributed by atoms with Gasteiger partial charge in [-0.2, -0.15) is 0 Å². The first-order valence-electron chi connectivity index (χ1n) is 6.80. The van der Waals surface area contributed by atoms with Crippen LogP contribution in [0.3, 0.4) is 0 Å². The first-order valence-corrected chi connectivity index (χ1v) is 8.65. The van der Waals surface area contributed by atoms with Crippen molar-refractivity contribution in [2.45, 2.75) is 13.0 Å². The fourth-order valence-corrected chi connectivity index (χ4v) is 3.12. The third-order valence-electron chi connectivity index (χ3n) is 3.03. The van der Waals surface area contributed by atoms with Crippen molar-refractivity contribution < 1.29 is 17.6 Å². The van der Waals surface area contributed by atoms with Crippen LogP contribution in [0.15, 0.2) is 24.3 Å². The van der Waals surface area contributed by atoms with Gasteiger partial charge in [-0.15, -0.1) is 0 Å². The van der Waals surface area contributed by atoms with Crippen molar-refractivity contribution in [3.05, 3.63) is 30.1 Å². The minimum atomic E-state index is -3.68. The number of hydrogen-bond acceptors (Lipinski definition) is 4. The fourth-order valence-electron chi connectivity index (χ4n) is 1.95. The Hall–Kier alpha value is -1.67. The molecule has 22 heavy (non-hydrogen) atoms. The molecule has 8 heteroatoms. The first kappa shape index (κ1) is 18.4. The van der Waals surface area contributed by atoms with E-state index in [1.165, 1.54) is 19.1 Å². The number of likely N-dealkylation sites (N-methyl/N-ethyl adjacent to an activating group) is 1. The van der Waals surface area contributed by atoms with E-state index >= 15 is 0 Å². The standard InChI is InChI=1S/C14H22FN3O3S/c1-11(14(19)16-9-10-17(2)3)18(22(4,20)21)13-7-5-12(15)6-8-13/h5-8,11H,9-10H2,1-4H3,(H,16,19)/t11-/m0/s1. The maximum atomic E-state index is 13.0. The van der Waals surface area contributed by atoms with E-state index in [2.05, 4.69) is 5.32 Å². The number of sulfonamides is 1. The molecular weight excluding hydrogens is 309 g/mol. The summed E-state index contributed by atoms with van der Waals surface area (Å²) in [5, 5.41) is 2.69. The monoisotopic (exact) mass is 331 g/mol. The Labute approximate surface area is 131 Å². The molecule has 0 aliphatic carbocycles. The van der Waals surface area contributed by atoms with Crippen molar-refractivity contribution in [3.8, 4) is 0 Å². The average Bonchev–Trinajstić information content (AvgIpc) is 2.39. The Bertz CT molecular complexity index is 602. The normalized spacial score (nSPS) is 13.0. The second-order valence-electron chi connectivity index (χ2n) is 5.31. The van der Waals surface area contributed by atoms with Crippen molar-refractivity contribution in [1.29, 1.82) is 0 Å². The lowest BCUT2D eigenvalue weighted by atomic mass is 10.2. The molecule has 0 heterocycles. The molecule has 0 saturated carbocycles. The van der Waals surface area contributed by atoms with Gasteiger partial charge in [0.05, 0.1) is 11.9 Å². The zero-order chi connectivity index (χ0) is 16.9. The van der Waals surface area contributed by atoms with Crippen LogP contribution >= 0.6 is 0 Å². The first-order chi connectivity index (χ1) is 10.1. The van der Waals surface area contributed by atoms with Crippen molar-refractivity contribution in [2.75, 3.05) is 37.7 Å². The van der Waals surface area contributed by atoms with Crippen LogP contribution in [0.25, 0.3) is 0 Å². The Morgan fingerprint density at radius 3 is 2.27 bits per heavy atom. The average molecular weight is 331 g/mol. The summed E-state index contributed by atoms with van der Waals surface area (Å²) in [6, 6.07) is 4.05. The molecule has 1 N–H and O–H groups in total. The number of anilines is 1. The van der Waals surface area contributed by atoms with E-state index in [1.807, 2.05) is 19.0 Å². The van der Waals surface area contributed by atoms with E-state index in [1.54, 1.807) is 0 Å². The summed E-state index contributed by atoms with van der Waals surface area (Å²) in [5.74, 6) is -0.878. The largest absolute Gasteiger partial charge is 0.353 e. The number of halogens is 1. The molecule has 1 amide bonds. The summed E-state index contributed by atoms with van der Waals surface area (Å²) in [4.78, 5) is 14.0. The Morgan fingerprint density at radius 1 is 1.27 bits per heavy atom. The molecule has 1 aromatic rings. The van der Waals surface area contributed by atoms with E-state index in [0.717, 1.165) is 22.7 Å². The van der Waals surface area contributed by atoms with Gasteiger partial charge in [0.2, 0.25) is 15.9 Å². The number of nitrogens with zero attached hydrogens (tertiary/aromatic N) is 2. The summed E-state index contributed by atoms with van der Waals surface area (Å²) >= 11 is 0. The molecule has 0 radical (unpaired) electrons. The molecule has 0 aromatic heterocycles. The lowest BCUT2D eigenvalue weighted by Crippen LogP contribution is -2.48. The Morgan fingerprint density at radius 2 is 1.82 bits per heavy atom. The molecule has 0 aliphatic rings. The van der Waals surface area contributed by atoms with E-state index in [4.69, 9.17) is 0 Å². The maximum absolute atomic E-state index is 13.0. The fraction of sp³-hybridized carbons (Fsp3) is 0.500. The van der Waals surface area contributed by atoms with Crippen molar-refractivity contribution >= 4 is 21.6 Å². The van der Waals surface area contributed by atoms with Gasteiger partial charge in [0.1, 0.15) is 11.9 Å². The SMILES string of the molecule is C[C@@H](C(=O)NCCN(C)C)N(c1ccc(F)cc1)S(C)(=O)=O. The van der Waals surface area contributed by atoms with Crippen LogP contribution in [0.2, 0.25) is 0 Å². The van der Waals surface area contributed by atoms with E-state index < -0.39 is 27.8 Å². The van der Waals surface area contributed by atoms with Crippen molar-refractivity contribution in [1.82, 2.24) is 10.2 Å². The van der Waals surface area contributed by atoms with Gasteiger partial charge >= 0.3 is 0 Å². The van der Waals surface area contributed by atoms with Crippen LogP contribution in [0, 0.1) is 5.82 Å². The van der Waals surface area contributed by atoms with Crippen LogP contribution in [-0.4, -0.2) is 58.7 Å². The molecule has 1 atom stereocenters. The van der Waals surface area contributed by atoms with Crippen LogP contribution in [0.1, 0.15) is 6.92 Å². The highest BCUT2D eigenvalue weighted by atomic mass is 32.2. The topological polar surface area (TPSA) is 69.7 Å². The quantitative estimate of drug-likeness (QED) is 0.797. The molecule has 0 saturated heterocycles. The van der Waals surface area contributed by atoms with Crippen molar-refractivity contribution in [2.24, 2.45) is 0 Å². The molecule has 0 aliphatic heterocycles. The Kier molecular flexibility index (Phi) is 6.31. The number of rotatable bonds is 7. The number of benzene rings is 1. The summed E-state index contributed by atoms with van der Waals surface area (Å²) < 4.78 is 38.0. The van der Waals surface area contributed by atoms with Gasteiger partial charge < -0.3 is 10.2 Å². The molecule has 0 bridgehead atoms. The molecule has 0 unspecified atom stereocenters. The summed E-state index contributed by atoms with van der Waals surface area (Å²) in [5.41, 5.74) is 0.249. The van der Waals surface area contributed by atoms with Crippen LogP contribution in [0.5, 0.6) is 0 Å². The van der Waals surface area contributed by atoms with Gasteiger partial charge in [0, 0.05) is 13.1 Å². The zero-order valence-corrected chi connectivity index (χ0v) is 14.0. The Balaban J connectivity index is 2.93. The van der Waals surface area contributed by atoms with Gasteiger partial charge in [-0.1, -0.05) is 0 Å². The second-order valence-corrected chi connectivity index (χ2v) is 7.16. The van der Waals surface area contributed by atoms with Gasteiger partial charge in [0.25, 0.3) is 0 Å². The smallest absolute Gasteiger partial charge is 0.243 e. The highest BCUT2D eigenvalue weighted by Crippen LogP contribution is 2.21. The van der Waals surface area contributed by atoms with Gasteiger partial charge in [-0.3, -0.25) is 9.10 Å². The van der Waals surface area contributed by atoms with E-state index in [-0.39, 0.29) is 5.69 Å². The van der Waals surface area contributed by atoms with Gasteiger partial charge in [0.15, 0.2) is 0 Å². The number of hydrogen-bond donors (Lipinski definition) is 1. The van der Waals surface area contributed by atoms with Crippen LogP contribution in [0.4, 0.5) is 10.1 Å². The van der Waals surface area contributed by atoms with Gasteiger partial charge in [-0.25, -0.2) is 12.8 Å². The van der Waals surface area contributed by atoms with Crippen molar-refractivity contribution in [3.63, 3.8) is 0 Å². The third-order valence-corrected chi connectivity index (χ3v) is 4.27. The molecule has 1 rings (SSSR count). The number of carbonyl (C=O) groups is 1. The molecule has 6 nitrogen and oxygen atoms in total. The molecule has 0 fully saturated rings.